The minimum absolute atomic E-state index is 0.724. The summed E-state index contributed by atoms with van der Waals surface area (Å²) >= 11 is 0. The number of aryl methyl sites for hydroxylation is 1. The zero-order valence-electron chi connectivity index (χ0n) is 10.9. The van der Waals surface area contributed by atoms with Gasteiger partial charge < -0.3 is 9.88 Å². The van der Waals surface area contributed by atoms with Gasteiger partial charge in [-0.3, -0.25) is 0 Å². The molecule has 0 aliphatic rings. The first-order valence-electron chi connectivity index (χ1n) is 6.42. The topological polar surface area (TPSA) is 55.6 Å². The lowest BCUT2D eigenvalue weighted by Crippen LogP contribution is -2.05. The van der Waals surface area contributed by atoms with Crippen molar-refractivity contribution in [1.82, 2.24) is 19.5 Å². The van der Waals surface area contributed by atoms with Gasteiger partial charge >= 0.3 is 0 Å². The van der Waals surface area contributed by atoms with E-state index in [2.05, 4.69) is 38.7 Å². The minimum Gasteiger partial charge on any atom is -0.370 e. The molecule has 0 bridgehead atoms. The number of aromatic nitrogens is 4. The molecule has 18 heavy (non-hydrogen) atoms. The second kappa shape index (κ2) is 6.14. The van der Waals surface area contributed by atoms with E-state index >= 15 is 0 Å². The Labute approximate surface area is 107 Å². The Morgan fingerprint density at radius 3 is 2.94 bits per heavy atom. The zero-order valence-corrected chi connectivity index (χ0v) is 10.9. The molecule has 0 spiro atoms. The van der Waals surface area contributed by atoms with Gasteiger partial charge in [0.1, 0.15) is 11.5 Å². The Morgan fingerprint density at radius 2 is 2.17 bits per heavy atom. The average Bonchev–Trinajstić information content (AvgIpc) is 2.85. The molecule has 5 nitrogen and oxygen atoms in total. The fraction of sp³-hybridized carbons (Fsp3) is 0.462. The third-order valence-corrected chi connectivity index (χ3v) is 2.62. The second-order valence-corrected chi connectivity index (χ2v) is 4.16. The van der Waals surface area contributed by atoms with Crippen LogP contribution in [0, 0.1) is 0 Å². The summed E-state index contributed by atoms with van der Waals surface area (Å²) in [6.45, 7) is 6.13. The monoisotopic (exact) mass is 245 g/mol. The molecule has 0 aliphatic heterocycles. The largest absolute Gasteiger partial charge is 0.370 e. The molecule has 2 aromatic heterocycles. The van der Waals surface area contributed by atoms with Gasteiger partial charge in [-0.1, -0.05) is 13.8 Å². The number of nitrogens with zero attached hydrogens (tertiary/aromatic N) is 4. The van der Waals surface area contributed by atoms with Crippen LogP contribution >= 0.6 is 0 Å². The number of anilines is 1. The van der Waals surface area contributed by atoms with Crippen LogP contribution in [-0.4, -0.2) is 26.1 Å². The highest BCUT2D eigenvalue weighted by Gasteiger charge is 2.08. The summed E-state index contributed by atoms with van der Waals surface area (Å²) in [5.74, 6) is 1.59. The Kier molecular flexibility index (Phi) is 4.28. The highest BCUT2D eigenvalue weighted by atomic mass is 15.1. The summed E-state index contributed by atoms with van der Waals surface area (Å²) in [6, 6.07) is 1.89. The molecule has 0 fully saturated rings. The molecule has 0 unspecified atom stereocenters. The average molecular weight is 245 g/mol. The van der Waals surface area contributed by atoms with E-state index in [1.165, 1.54) is 0 Å². The number of rotatable bonds is 6. The molecule has 0 aliphatic carbocycles. The van der Waals surface area contributed by atoms with E-state index in [0.29, 0.717) is 0 Å². The molecule has 0 aromatic carbocycles. The van der Waals surface area contributed by atoms with Gasteiger partial charge in [0, 0.05) is 19.3 Å². The standard InChI is InChI=1S/C13H19N5/c1-3-6-15-12-5-7-16-13(17-12)11-9-14-10-18(11)8-4-2/h5,7,9-10H,3-4,6,8H2,1-2H3,(H,15,16,17). The zero-order chi connectivity index (χ0) is 12.8. The highest BCUT2D eigenvalue weighted by molar-refractivity contribution is 5.51. The van der Waals surface area contributed by atoms with Gasteiger partial charge in [0.2, 0.25) is 0 Å². The Hall–Kier alpha value is -1.91. The number of nitrogens with one attached hydrogen (secondary N) is 1. The number of imidazole rings is 1. The van der Waals surface area contributed by atoms with Gasteiger partial charge in [0.05, 0.1) is 12.5 Å². The molecule has 2 heterocycles. The molecule has 0 atom stereocenters. The second-order valence-electron chi connectivity index (χ2n) is 4.16. The van der Waals surface area contributed by atoms with E-state index in [4.69, 9.17) is 0 Å². The Morgan fingerprint density at radius 1 is 1.28 bits per heavy atom. The van der Waals surface area contributed by atoms with E-state index in [1.54, 1.807) is 6.20 Å². The molecule has 1 N–H and O–H groups in total. The molecule has 0 saturated carbocycles. The number of hydrogen-bond acceptors (Lipinski definition) is 4. The Balaban J connectivity index is 2.24. The molecule has 0 radical (unpaired) electrons. The minimum atomic E-state index is 0.724. The van der Waals surface area contributed by atoms with Crippen molar-refractivity contribution in [3.8, 4) is 11.5 Å². The summed E-state index contributed by atoms with van der Waals surface area (Å²) in [5, 5.41) is 3.27. The molecule has 96 valence electrons. The lowest BCUT2D eigenvalue weighted by Gasteiger charge is -2.07. The van der Waals surface area contributed by atoms with Crippen molar-refractivity contribution in [2.75, 3.05) is 11.9 Å². The molecule has 2 rings (SSSR count). The predicted molar refractivity (Wildman–Crippen MR) is 72.3 cm³/mol. The lowest BCUT2D eigenvalue weighted by molar-refractivity contribution is 0.681. The molecule has 0 amide bonds. The van der Waals surface area contributed by atoms with Crippen LogP contribution in [0.3, 0.4) is 0 Å². The number of hydrogen-bond donors (Lipinski definition) is 1. The lowest BCUT2D eigenvalue weighted by atomic mass is 10.4. The van der Waals surface area contributed by atoms with Crippen LogP contribution in [0.2, 0.25) is 0 Å². The SMILES string of the molecule is CCCNc1ccnc(-c2cncn2CCC)n1. The van der Waals surface area contributed by atoms with Crippen LogP contribution in [0.5, 0.6) is 0 Å². The summed E-state index contributed by atoms with van der Waals surface area (Å²) in [5.41, 5.74) is 0.969. The predicted octanol–water partition coefficient (Wildman–Crippen LogP) is 2.57. The molecule has 0 saturated heterocycles. The van der Waals surface area contributed by atoms with Crippen molar-refractivity contribution in [3.63, 3.8) is 0 Å². The van der Waals surface area contributed by atoms with Gasteiger partial charge in [-0.05, 0) is 18.9 Å². The van der Waals surface area contributed by atoms with E-state index in [0.717, 1.165) is 43.3 Å². The van der Waals surface area contributed by atoms with Crippen molar-refractivity contribution >= 4 is 5.82 Å². The van der Waals surface area contributed by atoms with Crippen LogP contribution < -0.4 is 5.32 Å². The van der Waals surface area contributed by atoms with Crippen molar-refractivity contribution in [2.24, 2.45) is 0 Å². The summed E-state index contributed by atoms with van der Waals surface area (Å²) < 4.78 is 2.08. The van der Waals surface area contributed by atoms with E-state index in [-0.39, 0.29) is 0 Å². The fourth-order valence-corrected chi connectivity index (χ4v) is 1.76. The maximum absolute atomic E-state index is 4.51. The third kappa shape index (κ3) is 2.85. The smallest absolute Gasteiger partial charge is 0.179 e. The van der Waals surface area contributed by atoms with Gasteiger partial charge in [-0.15, -0.1) is 0 Å². The molecular weight excluding hydrogens is 226 g/mol. The van der Waals surface area contributed by atoms with E-state index in [9.17, 15) is 0 Å². The van der Waals surface area contributed by atoms with Crippen LogP contribution in [-0.2, 0) is 6.54 Å². The first-order chi connectivity index (χ1) is 8.85. The van der Waals surface area contributed by atoms with Crippen LogP contribution in [0.1, 0.15) is 26.7 Å². The van der Waals surface area contributed by atoms with Gasteiger partial charge in [0.15, 0.2) is 5.82 Å². The van der Waals surface area contributed by atoms with Crippen molar-refractivity contribution in [3.05, 3.63) is 24.8 Å². The maximum Gasteiger partial charge on any atom is 0.179 e. The van der Waals surface area contributed by atoms with Crippen molar-refractivity contribution in [2.45, 2.75) is 33.2 Å². The molecule has 2 aromatic rings. The van der Waals surface area contributed by atoms with Crippen molar-refractivity contribution < 1.29 is 0 Å². The van der Waals surface area contributed by atoms with Crippen LogP contribution in [0.15, 0.2) is 24.8 Å². The summed E-state index contributed by atoms with van der Waals surface area (Å²) in [6.07, 6.45) is 7.57. The van der Waals surface area contributed by atoms with Crippen LogP contribution in [0.25, 0.3) is 11.5 Å². The molecule has 5 heteroatoms. The highest BCUT2D eigenvalue weighted by Crippen LogP contribution is 2.16. The van der Waals surface area contributed by atoms with Crippen LogP contribution in [0.4, 0.5) is 5.82 Å². The Bertz CT molecular complexity index is 492. The normalized spacial score (nSPS) is 10.6. The summed E-state index contributed by atoms with van der Waals surface area (Å²) in [4.78, 5) is 13.0. The van der Waals surface area contributed by atoms with E-state index < -0.39 is 0 Å². The molecular formula is C13H19N5. The third-order valence-electron chi connectivity index (χ3n) is 2.62. The fourth-order valence-electron chi connectivity index (χ4n) is 1.76. The van der Waals surface area contributed by atoms with Crippen molar-refractivity contribution in [1.29, 1.82) is 0 Å². The first kappa shape index (κ1) is 12.5. The quantitative estimate of drug-likeness (QED) is 0.849. The maximum atomic E-state index is 4.51. The van der Waals surface area contributed by atoms with Gasteiger partial charge in [-0.2, -0.15) is 0 Å². The summed E-state index contributed by atoms with van der Waals surface area (Å²) in [7, 11) is 0. The van der Waals surface area contributed by atoms with Gasteiger partial charge in [0.25, 0.3) is 0 Å². The first-order valence-corrected chi connectivity index (χ1v) is 6.42. The van der Waals surface area contributed by atoms with Gasteiger partial charge in [-0.25, -0.2) is 15.0 Å². The van der Waals surface area contributed by atoms with E-state index in [1.807, 2.05) is 18.6 Å².